The standard InChI is InChI=1S/C24H23NO4Se/c1-25-16-10-13-8-9-17(28-2)22-20(13)24(12-19(25)26)15(16)11-18(21(27)23(24)29-22)30-14-6-4-3-5-7-14/h3-9,15-16,18,23H,10-12H2,1-2H3/t15-,16+,18?,23-,24-/m1/s1. The number of hydrogen-bond donors (Lipinski definition) is 0. The van der Waals surface area contributed by atoms with Gasteiger partial charge in [-0.1, -0.05) is 0 Å². The molecule has 1 spiro atoms. The fraction of sp³-hybridized carbons (Fsp3) is 0.417. The van der Waals surface area contributed by atoms with Gasteiger partial charge in [0, 0.05) is 0 Å². The van der Waals surface area contributed by atoms with E-state index in [4.69, 9.17) is 9.47 Å². The average molecular weight is 468 g/mol. The predicted molar refractivity (Wildman–Crippen MR) is 113 cm³/mol. The molecule has 1 saturated heterocycles. The van der Waals surface area contributed by atoms with Crippen LogP contribution in [0.2, 0.25) is 4.82 Å². The maximum absolute atomic E-state index is 13.8. The number of rotatable bonds is 3. The molecule has 1 amide bonds. The number of piperidine rings is 1. The molecule has 2 aromatic rings. The van der Waals surface area contributed by atoms with Crippen LogP contribution in [0.15, 0.2) is 42.5 Å². The summed E-state index contributed by atoms with van der Waals surface area (Å²) >= 11 is 0.0410. The van der Waals surface area contributed by atoms with Gasteiger partial charge < -0.3 is 0 Å². The molecule has 6 heteroatoms. The van der Waals surface area contributed by atoms with Gasteiger partial charge in [-0.15, -0.1) is 0 Å². The van der Waals surface area contributed by atoms with E-state index in [9.17, 15) is 9.59 Å². The van der Waals surface area contributed by atoms with E-state index in [0.717, 1.165) is 18.4 Å². The van der Waals surface area contributed by atoms with Gasteiger partial charge in [-0.05, 0) is 0 Å². The molecule has 2 fully saturated rings. The zero-order valence-electron chi connectivity index (χ0n) is 17.0. The van der Waals surface area contributed by atoms with E-state index >= 15 is 0 Å². The van der Waals surface area contributed by atoms with Crippen LogP contribution in [0, 0.1) is 5.92 Å². The van der Waals surface area contributed by atoms with E-state index in [2.05, 4.69) is 18.2 Å². The molecule has 4 aliphatic rings. The fourth-order valence-corrected chi connectivity index (χ4v) is 8.74. The summed E-state index contributed by atoms with van der Waals surface area (Å²) in [7, 11) is 3.56. The molecule has 0 N–H and O–H groups in total. The number of methoxy groups -OCH3 is 1. The Morgan fingerprint density at radius 3 is 2.73 bits per heavy atom. The van der Waals surface area contributed by atoms with Gasteiger partial charge in [-0.3, -0.25) is 0 Å². The molecular formula is C24H23NO4Se. The number of amides is 1. The third kappa shape index (κ3) is 2.24. The molecular weight excluding hydrogens is 445 g/mol. The average Bonchev–Trinajstić information content (AvgIpc) is 3.10. The summed E-state index contributed by atoms with van der Waals surface area (Å²) in [6.07, 6.45) is 1.40. The van der Waals surface area contributed by atoms with Gasteiger partial charge in [0.15, 0.2) is 0 Å². The molecule has 6 rings (SSSR count). The quantitative estimate of drug-likeness (QED) is 0.646. The number of nitrogens with zero attached hydrogens (tertiary/aromatic N) is 1. The van der Waals surface area contributed by atoms with Gasteiger partial charge in [0.05, 0.1) is 0 Å². The van der Waals surface area contributed by atoms with E-state index in [1.54, 1.807) is 7.11 Å². The monoisotopic (exact) mass is 469 g/mol. The summed E-state index contributed by atoms with van der Waals surface area (Å²) < 4.78 is 13.3. The van der Waals surface area contributed by atoms with E-state index in [-0.39, 0.29) is 43.4 Å². The molecule has 2 heterocycles. The van der Waals surface area contributed by atoms with Crippen molar-refractivity contribution in [2.24, 2.45) is 5.92 Å². The Bertz CT molecular complexity index is 1070. The molecule has 154 valence electrons. The van der Waals surface area contributed by atoms with Crippen LogP contribution in [0.25, 0.3) is 0 Å². The van der Waals surface area contributed by atoms with Gasteiger partial charge >= 0.3 is 182 Å². The van der Waals surface area contributed by atoms with Gasteiger partial charge in [0.25, 0.3) is 0 Å². The first kappa shape index (κ1) is 18.5. The van der Waals surface area contributed by atoms with E-state index < -0.39 is 11.5 Å². The van der Waals surface area contributed by atoms with Crippen LogP contribution in [0.4, 0.5) is 0 Å². The Labute approximate surface area is 181 Å². The molecule has 5 nitrogen and oxygen atoms in total. The summed E-state index contributed by atoms with van der Waals surface area (Å²) in [5.41, 5.74) is 1.74. The number of likely N-dealkylation sites (N-methyl/N-ethyl adjacent to an activating group) is 1. The Kier molecular flexibility index (Phi) is 3.91. The van der Waals surface area contributed by atoms with Crippen molar-refractivity contribution in [3.05, 3.63) is 53.6 Å². The Hall–Kier alpha value is -2.30. The van der Waals surface area contributed by atoms with Crippen molar-refractivity contribution >= 4 is 31.1 Å². The zero-order chi connectivity index (χ0) is 20.6. The van der Waals surface area contributed by atoms with Crippen molar-refractivity contribution in [1.82, 2.24) is 4.90 Å². The first-order valence-corrected chi connectivity index (χ1v) is 12.3. The summed E-state index contributed by atoms with van der Waals surface area (Å²) in [5.74, 6) is 1.88. The second-order valence-electron chi connectivity index (χ2n) is 8.79. The molecule has 0 aromatic heterocycles. The number of hydrogen-bond acceptors (Lipinski definition) is 4. The Morgan fingerprint density at radius 2 is 1.97 bits per heavy atom. The predicted octanol–water partition coefficient (Wildman–Crippen LogP) is 1.89. The first-order valence-electron chi connectivity index (χ1n) is 10.4. The molecule has 2 bridgehead atoms. The Morgan fingerprint density at radius 1 is 1.17 bits per heavy atom. The van der Waals surface area contributed by atoms with Crippen LogP contribution in [0.3, 0.4) is 0 Å². The molecule has 5 atom stereocenters. The second-order valence-corrected chi connectivity index (χ2v) is 11.5. The number of Topliss-reactive ketones (excluding diaryl/α,β-unsaturated/α-hetero) is 1. The molecule has 1 unspecified atom stereocenters. The van der Waals surface area contributed by atoms with Crippen LogP contribution in [0.5, 0.6) is 11.5 Å². The molecule has 30 heavy (non-hydrogen) atoms. The van der Waals surface area contributed by atoms with Crippen molar-refractivity contribution in [1.29, 1.82) is 0 Å². The molecule has 1 saturated carbocycles. The minimum absolute atomic E-state index is 0.0333. The van der Waals surface area contributed by atoms with Crippen molar-refractivity contribution in [3.8, 4) is 11.5 Å². The van der Waals surface area contributed by atoms with Gasteiger partial charge in [-0.2, -0.15) is 0 Å². The number of carbonyl (C=O) groups excluding carboxylic acids is 2. The van der Waals surface area contributed by atoms with E-state index in [1.807, 2.05) is 36.2 Å². The normalized spacial score (nSPS) is 33.2. The van der Waals surface area contributed by atoms with Crippen molar-refractivity contribution in [2.45, 2.75) is 41.6 Å². The van der Waals surface area contributed by atoms with Crippen LogP contribution in [0.1, 0.15) is 24.0 Å². The van der Waals surface area contributed by atoms with Crippen LogP contribution >= 0.6 is 0 Å². The first-order chi connectivity index (χ1) is 14.5. The van der Waals surface area contributed by atoms with E-state index in [1.165, 1.54) is 10.0 Å². The van der Waals surface area contributed by atoms with Gasteiger partial charge in [0.2, 0.25) is 0 Å². The third-order valence-corrected chi connectivity index (χ3v) is 10.2. The fourth-order valence-electron chi connectivity index (χ4n) is 6.25. The number of carbonyl (C=O) groups is 2. The van der Waals surface area contributed by atoms with Crippen LogP contribution < -0.4 is 13.9 Å². The number of ether oxygens (including phenoxy) is 2. The molecule has 0 radical (unpaired) electrons. The topological polar surface area (TPSA) is 55.8 Å². The van der Waals surface area contributed by atoms with Crippen LogP contribution in [-0.2, 0) is 21.4 Å². The third-order valence-electron chi connectivity index (χ3n) is 7.55. The van der Waals surface area contributed by atoms with Gasteiger partial charge in [-0.25, -0.2) is 0 Å². The summed E-state index contributed by atoms with van der Waals surface area (Å²) in [6, 6.07) is 14.5. The summed E-state index contributed by atoms with van der Waals surface area (Å²) in [5, 5.41) is 0. The SMILES string of the molecule is COc1ccc2c3c1O[C@@H]1C(=O)C([Se]c4ccccc4)C[C@@H]4[C@H](C2)N(C)C(=O)C[C@@]314. The van der Waals surface area contributed by atoms with Crippen molar-refractivity contribution < 1.29 is 19.1 Å². The maximum atomic E-state index is 13.8. The Balaban J connectivity index is 1.50. The van der Waals surface area contributed by atoms with Crippen LogP contribution in [-0.4, -0.2) is 57.9 Å². The van der Waals surface area contributed by atoms with Gasteiger partial charge in [0.1, 0.15) is 0 Å². The zero-order valence-corrected chi connectivity index (χ0v) is 18.7. The molecule has 2 aromatic carbocycles. The summed E-state index contributed by atoms with van der Waals surface area (Å²) in [6.45, 7) is 0. The molecule has 2 aliphatic carbocycles. The number of benzene rings is 2. The number of ketones is 1. The van der Waals surface area contributed by atoms with Crippen molar-refractivity contribution in [2.75, 3.05) is 14.2 Å². The van der Waals surface area contributed by atoms with Crippen molar-refractivity contribution in [3.63, 3.8) is 0 Å². The second kappa shape index (κ2) is 6.35. The molecule has 2 aliphatic heterocycles. The number of likely N-dealkylation sites (tertiary alicyclic amines) is 1. The van der Waals surface area contributed by atoms with E-state index in [0.29, 0.717) is 17.9 Å². The minimum atomic E-state index is -0.586. The summed E-state index contributed by atoms with van der Waals surface area (Å²) in [4.78, 5) is 28.7.